The minimum atomic E-state index is -0.00847. The van der Waals surface area contributed by atoms with E-state index in [0.29, 0.717) is 11.7 Å². The first-order valence-electron chi connectivity index (χ1n) is 5.54. The van der Waals surface area contributed by atoms with Gasteiger partial charge in [0.1, 0.15) is 5.69 Å². The summed E-state index contributed by atoms with van der Waals surface area (Å²) in [7, 11) is 1.91. The number of amides is 1. The second kappa shape index (κ2) is 5.03. The molecule has 1 atom stereocenters. The van der Waals surface area contributed by atoms with Gasteiger partial charge in [0.2, 0.25) is 0 Å². The van der Waals surface area contributed by atoms with E-state index in [0.717, 1.165) is 25.9 Å². The van der Waals surface area contributed by atoms with Gasteiger partial charge in [-0.05, 0) is 19.9 Å². The Balaban J connectivity index is 2.09. The molecule has 1 amide bonds. The van der Waals surface area contributed by atoms with Crippen LogP contribution in [0.25, 0.3) is 0 Å². The van der Waals surface area contributed by atoms with Crippen LogP contribution in [0.15, 0.2) is 18.6 Å². The van der Waals surface area contributed by atoms with Gasteiger partial charge in [-0.2, -0.15) is 0 Å². The number of hydrogen-bond donors (Lipinski definition) is 1. The van der Waals surface area contributed by atoms with Gasteiger partial charge in [-0.1, -0.05) is 0 Å². The van der Waals surface area contributed by atoms with Crippen molar-refractivity contribution in [2.45, 2.75) is 18.9 Å². The normalized spacial score (nSPS) is 20.1. The van der Waals surface area contributed by atoms with E-state index in [2.05, 4.69) is 15.3 Å². The Labute approximate surface area is 94.9 Å². The van der Waals surface area contributed by atoms with Crippen LogP contribution in [0.2, 0.25) is 0 Å². The van der Waals surface area contributed by atoms with Crippen LogP contribution in [0.1, 0.15) is 23.3 Å². The second-order valence-corrected chi connectivity index (χ2v) is 3.94. The number of aromatic nitrogens is 2. The van der Waals surface area contributed by atoms with Gasteiger partial charge >= 0.3 is 0 Å². The molecule has 86 valence electrons. The third-order valence-electron chi connectivity index (χ3n) is 2.86. The summed E-state index contributed by atoms with van der Waals surface area (Å²) in [4.78, 5) is 22.0. The molecule has 5 heteroatoms. The molecule has 1 saturated heterocycles. The number of hydrogen-bond acceptors (Lipinski definition) is 4. The molecular weight excluding hydrogens is 204 g/mol. The van der Waals surface area contributed by atoms with Gasteiger partial charge < -0.3 is 10.2 Å². The third kappa shape index (κ3) is 2.19. The fourth-order valence-corrected chi connectivity index (χ4v) is 2.11. The molecule has 5 nitrogen and oxygen atoms in total. The molecule has 0 saturated carbocycles. The van der Waals surface area contributed by atoms with E-state index < -0.39 is 0 Å². The smallest absolute Gasteiger partial charge is 0.274 e. The molecule has 0 aromatic carbocycles. The Kier molecular flexibility index (Phi) is 3.46. The van der Waals surface area contributed by atoms with E-state index in [1.54, 1.807) is 12.4 Å². The molecule has 1 aliphatic rings. The molecule has 1 unspecified atom stereocenters. The quantitative estimate of drug-likeness (QED) is 0.796. The molecule has 0 aliphatic carbocycles. The van der Waals surface area contributed by atoms with Gasteiger partial charge in [-0.3, -0.25) is 9.78 Å². The molecule has 0 spiro atoms. The van der Waals surface area contributed by atoms with E-state index in [1.165, 1.54) is 6.20 Å². The summed E-state index contributed by atoms with van der Waals surface area (Å²) in [5.41, 5.74) is 0.436. The predicted molar refractivity (Wildman–Crippen MR) is 60.0 cm³/mol. The molecule has 1 aromatic rings. The first-order chi connectivity index (χ1) is 7.83. The lowest BCUT2D eigenvalue weighted by Gasteiger charge is -2.23. The highest BCUT2D eigenvalue weighted by Crippen LogP contribution is 2.18. The number of likely N-dealkylation sites (N-methyl/N-ethyl adjacent to an activating group) is 1. The Morgan fingerprint density at radius 1 is 1.62 bits per heavy atom. The Morgan fingerprint density at radius 3 is 3.19 bits per heavy atom. The molecule has 1 N–H and O–H groups in total. The van der Waals surface area contributed by atoms with E-state index in [4.69, 9.17) is 0 Å². The van der Waals surface area contributed by atoms with Crippen molar-refractivity contribution in [3.05, 3.63) is 24.3 Å². The summed E-state index contributed by atoms with van der Waals surface area (Å²) in [6.07, 6.45) is 6.78. The van der Waals surface area contributed by atoms with Gasteiger partial charge in [0.15, 0.2) is 0 Å². The van der Waals surface area contributed by atoms with Gasteiger partial charge in [0.25, 0.3) is 5.91 Å². The molecule has 16 heavy (non-hydrogen) atoms. The number of carbonyl (C=O) groups excluding carboxylic acids is 1. The highest BCUT2D eigenvalue weighted by molar-refractivity contribution is 5.92. The van der Waals surface area contributed by atoms with Crippen LogP contribution < -0.4 is 5.32 Å². The zero-order chi connectivity index (χ0) is 11.4. The summed E-state index contributed by atoms with van der Waals surface area (Å²) in [6.45, 7) is 1.66. The van der Waals surface area contributed by atoms with Crippen LogP contribution in [0.5, 0.6) is 0 Å². The lowest BCUT2D eigenvalue weighted by molar-refractivity contribution is 0.0730. The maximum absolute atomic E-state index is 12.1. The molecule has 1 aliphatic heterocycles. The summed E-state index contributed by atoms with van der Waals surface area (Å²) in [5, 5.41) is 3.12. The SMILES string of the molecule is CNCC1CCCN1C(=O)c1cnccn1. The van der Waals surface area contributed by atoms with Crippen LogP contribution in [0, 0.1) is 0 Å². The van der Waals surface area contributed by atoms with E-state index in [1.807, 2.05) is 11.9 Å². The van der Waals surface area contributed by atoms with Gasteiger partial charge in [0, 0.05) is 31.5 Å². The Hall–Kier alpha value is -1.49. The number of carbonyl (C=O) groups is 1. The van der Waals surface area contributed by atoms with Crippen molar-refractivity contribution in [2.75, 3.05) is 20.1 Å². The predicted octanol–water partition coefficient (Wildman–Crippen LogP) is 0.301. The van der Waals surface area contributed by atoms with Crippen molar-refractivity contribution >= 4 is 5.91 Å². The number of likely N-dealkylation sites (tertiary alicyclic amines) is 1. The second-order valence-electron chi connectivity index (χ2n) is 3.94. The molecule has 1 aromatic heterocycles. The minimum absolute atomic E-state index is 0.00847. The summed E-state index contributed by atoms with van der Waals surface area (Å²) in [6, 6.07) is 0.291. The Morgan fingerprint density at radius 2 is 2.50 bits per heavy atom. The fourth-order valence-electron chi connectivity index (χ4n) is 2.11. The zero-order valence-electron chi connectivity index (χ0n) is 9.39. The molecule has 2 rings (SSSR count). The summed E-state index contributed by atoms with van der Waals surface area (Å²) < 4.78 is 0. The van der Waals surface area contributed by atoms with Crippen molar-refractivity contribution in [1.82, 2.24) is 20.2 Å². The topological polar surface area (TPSA) is 58.1 Å². The zero-order valence-corrected chi connectivity index (χ0v) is 9.39. The van der Waals surface area contributed by atoms with E-state index in [9.17, 15) is 4.79 Å². The average Bonchev–Trinajstić information content (AvgIpc) is 2.78. The number of nitrogens with zero attached hydrogens (tertiary/aromatic N) is 3. The maximum Gasteiger partial charge on any atom is 0.274 e. The minimum Gasteiger partial charge on any atom is -0.333 e. The highest BCUT2D eigenvalue weighted by Gasteiger charge is 2.29. The first kappa shape index (κ1) is 11.0. The van der Waals surface area contributed by atoms with Crippen molar-refractivity contribution in [3.8, 4) is 0 Å². The van der Waals surface area contributed by atoms with Crippen LogP contribution in [0.4, 0.5) is 0 Å². The average molecular weight is 220 g/mol. The monoisotopic (exact) mass is 220 g/mol. The lowest BCUT2D eigenvalue weighted by atomic mass is 10.2. The fraction of sp³-hybridized carbons (Fsp3) is 0.545. The molecule has 0 radical (unpaired) electrons. The first-order valence-corrected chi connectivity index (χ1v) is 5.54. The molecule has 1 fully saturated rings. The van der Waals surface area contributed by atoms with Crippen molar-refractivity contribution in [2.24, 2.45) is 0 Å². The van der Waals surface area contributed by atoms with Crippen LogP contribution in [-0.2, 0) is 0 Å². The van der Waals surface area contributed by atoms with E-state index >= 15 is 0 Å². The van der Waals surface area contributed by atoms with Crippen LogP contribution in [-0.4, -0.2) is 47.0 Å². The van der Waals surface area contributed by atoms with Crippen molar-refractivity contribution in [3.63, 3.8) is 0 Å². The van der Waals surface area contributed by atoms with Crippen molar-refractivity contribution < 1.29 is 4.79 Å². The molecule has 0 bridgehead atoms. The largest absolute Gasteiger partial charge is 0.333 e. The van der Waals surface area contributed by atoms with Crippen LogP contribution in [0.3, 0.4) is 0 Å². The Bertz CT molecular complexity index is 354. The standard InChI is InChI=1S/C11H16N4O/c1-12-7-9-3-2-6-15(9)11(16)10-8-13-4-5-14-10/h4-5,8-9,12H,2-3,6-7H2,1H3. The highest BCUT2D eigenvalue weighted by atomic mass is 16.2. The maximum atomic E-state index is 12.1. The number of nitrogens with one attached hydrogen (secondary N) is 1. The number of rotatable bonds is 3. The molecular formula is C11H16N4O. The van der Waals surface area contributed by atoms with E-state index in [-0.39, 0.29) is 5.91 Å². The van der Waals surface area contributed by atoms with Crippen molar-refractivity contribution in [1.29, 1.82) is 0 Å². The van der Waals surface area contributed by atoms with Gasteiger partial charge in [-0.25, -0.2) is 4.98 Å². The molecule has 2 heterocycles. The van der Waals surface area contributed by atoms with Gasteiger partial charge in [-0.15, -0.1) is 0 Å². The summed E-state index contributed by atoms with van der Waals surface area (Å²) >= 11 is 0. The lowest BCUT2D eigenvalue weighted by Crippen LogP contribution is -2.41. The van der Waals surface area contributed by atoms with Gasteiger partial charge in [0.05, 0.1) is 6.20 Å². The van der Waals surface area contributed by atoms with Crippen LogP contribution >= 0.6 is 0 Å². The third-order valence-corrected chi connectivity index (χ3v) is 2.86. The summed E-state index contributed by atoms with van der Waals surface area (Å²) in [5.74, 6) is -0.00847.